The van der Waals surface area contributed by atoms with E-state index in [9.17, 15) is 0 Å². The van der Waals surface area contributed by atoms with Gasteiger partial charge in [-0.3, -0.25) is 0 Å². The van der Waals surface area contributed by atoms with Crippen LogP contribution in [-0.2, 0) is 6.54 Å². The first-order valence-electron chi connectivity index (χ1n) is 8.53. The van der Waals surface area contributed by atoms with Crippen molar-refractivity contribution in [3.8, 4) is 11.5 Å². The fourth-order valence-electron chi connectivity index (χ4n) is 3.35. The van der Waals surface area contributed by atoms with Crippen molar-refractivity contribution in [3.63, 3.8) is 0 Å². The number of quaternary nitrogens is 1. The first-order valence-corrected chi connectivity index (χ1v) is 8.91. The van der Waals surface area contributed by atoms with Crippen molar-refractivity contribution >= 4 is 17.3 Å². The van der Waals surface area contributed by atoms with E-state index in [0.29, 0.717) is 5.76 Å². The highest BCUT2D eigenvalue weighted by Gasteiger charge is 2.23. The first-order chi connectivity index (χ1) is 12.2. The van der Waals surface area contributed by atoms with Gasteiger partial charge >= 0.3 is 0 Å². The minimum atomic E-state index is 0.688. The molecule has 130 valence electrons. The van der Waals surface area contributed by atoms with E-state index < -0.39 is 0 Å². The average Bonchev–Trinajstić information content (AvgIpc) is 3.29. The summed E-state index contributed by atoms with van der Waals surface area (Å²) in [7, 11) is 0. The highest BCUT2D eigenvalue weighted by atomic mass is 35.5. The second-order valence-electron chi connectivity index (χ2n) is 6.50. The summed E-state index contributed by atoms with van der Waals surface area (Å²) in [5, 5.41) is 4.98. The molecule has 0 bridgehead atoms. The molecule has 1 fully saturated rings. The Hall–Kier alpha value is -2.24. The maximum absolute atomic E-state index is 6.16. The lowest BCUT2D eigenvalue weighted by molar-refractivity contribution is -0.914. The van der Waals surface area contributed by atoms with E-state index in [-0.39, 0.29) is 0 Å². The summed E-state index contributed by atoms with van der Waals surface area (Å²) < 4.78 is 10.7. The Labute approximate surface area is 151 Å². The van der Waals surface area contributed by atoms with Crippen molar-refractivity contribution in [1.82, 2.24) is 5.16 Å². The molecule has 4 rings (SSSR count). The molecule has 2 aromatic heterocycles. The molecule has 3 heterocycles. The maximum atomic E-state index is 6.16. The van der Waals surface area contributed by atoms with Gasteiger partial charge < -0.3 is 18.7 Å². The van der Waals surface area contributed by atoms with Gasteiger partial charge in [-0.2, -0.15) is 0 Å². The number of nitrogens with one attached hydrogen (secondary N) is 1. The van der Waals surface area contributed by atoms with Gasteiger partial charge in [0.2, 0.25) is 5.76 Å². The number of aryl methyl sites for hydroxylation is 1. The number of rotatable bonds is 4. The normalized spacial score (nSPS) is 15.7. The molecule has 0 spiro atoms. The molecule has 1 aromatic carbocycles. The van der Waals surface area contributed by atoms with Crippen molar-refractivity contribution in [2.24, 2.45) is 0 Å². The number of piperazine rings is 1. The van der Waals surface area contributed by atoms with Crippen molar-refractivity contribution in [2.45, 2.75) is 13.5 Å². The van der Waals surface area contributed by atoms with Crippen LogP contribution in [0.5, 0.6) is 0 Å². The van der Waals surface area contributed by atoms with Crippen LogP contribution in [0.4, 0.5) is 5.69 Å². The molecule has 0 unspecified atom stereocenters. The van der Waals surface area contributed by atoms with Gasteiger partial charge in [-0.05, 0) is 36.8 Å². The molecule has 0 saturated carbocycles. The summed E-state index contributed by atoms with van der Waals surface area (Å²) in [5.41, 5.74) is 3.48. The fourth-order valence-corrected chi connectivity index (χ4v) is 3.52. The summed E-state index contributed by atoms with van der Waals surface area (Å²) in [4.78, 5) is 3.93. The third kappa shape index (κ3) is 3.57. The van der Waals surface area contributed by atoms with Crippen LogP contribution in [-0.4, -0.2) is 31.3 Å². The molecule has 0 aliphatic carbocycles. The molecule has 1 N–H and O–H groups in total. The zero-order valence-corrected chi connectivity index (χ0v) is 14.9. The molecule has 0 radical (unpaired) electrons. The molecule has 1 aliphatic heterocycles. The van der Waals surface area contributed by atoms with E-state index in [1.165, 1.54) is 16.2 Å². The molecule has 0 amide bonds. The molecular weight excluding hydrogens is 338 g/mol. The van der Waals surface area contributed by atoms with Crippen molar-refractivity contribution in [2.75, 3.05) is 31.1 Å². The number of hydrogen-bond acceptors (Lipinski definition) is 4. The van der Waals surface area contributed by atoms with Crippen molar-refractivity contribution in [1.29, 1.82) is 0 Å². The Morgan fingerprint density at radius 1 is 1.16 bits per heavy atom. The van der Waals surface area contributed by atoms with Crippen LogP contribution in [0.15, 0.2) is 51.6 Å². The first kappa shape index (κ1) is 16.2. The quantitative estimate of drug-likeness (QED) is 0.779. The van der Waals surface area contributed by atoms with Gasteiger partial charge in [0.05, 0.1) is 32.4 Å². The van der Waals surface area contributed by atoms with Gasteiger partial charge in [-0.15, -0.1) is 0 Å². The monoisotopic (exact) mass is 358 g/mol. The number of anilines is 1. The number of benzene rings is 1. The van der Waals surface area contributed by atoms with E-state index in [1.807, 2.05) is 24.3 Å². The summed E-state index contributed by atoms with van der Waals surface area (Å²) in [6, 6.07) is 11.8. The summed E-state index contributed by atoms with van der Waals surface area (Å²) in [5.74, 6) is 1.41. The Kier molecular flexibility index (Phi) is 4.51. The van der Waals surface area contributed by atoms with Crippen LogP contribution in [0, 0.1) is 6.92 Å². The molecule has 25 heavy (non-hydrogen) atoms. The third-order valence-corrected chi connectivity index (χ3v) is 4.97. The Balaban J connectivity index is 1.37. The van der Waals surface area contributed by atoms with E-state index in [4.69, 9.17) is 20.5 Å². The average molecular weight is 359 g/mol. The van der Waals surface area contributed by atoms with Gasteiger partial charge in [0.1, 0.15) is 12.2 Å². The summed E-state index contributed by atoms with van der Waals surface area (Å²) in [6.07, 6.45) is 1.64. The number of hydrogen-bond donors (Lipinski definition) is 1. The number of nitrogens with zero attached hydrogens (tertiary/aromatic N) is 2. The molecule has 1 saturated heterocycles. The lowest BCUT2D eigenvalue weighted by Gasteiger charge is -2.34. The van der Waals surface area contributed by atoms with Crippen LogP contribution in [0.1, 0.15) is 11.3 Å². The zero-order chi connectivity index (χ0) is 17.2. The second-order valence-corrected chi connectivity index (χ2v) is 6.94. The van der Waals surface area contributed by atoms with E-state index in [2.05, 4.69) is 29.1 Å². The van der Waals surface area contributed by atoms with E-state index in [1.54, 1.807) is 6.26 Å². The fraction of sp³-hybridized carbons (Fsp3) is 0.316. The Bertz CT molecular complexity index is 836. The maximum Gasteiger partial charge on any atom is 0.202 e. The molecule has 3 aromatic rings. The second kappa shape index (κ2) is 6.94. The molecule has 0 atom stereocenters. The van der Waals surface area contributed by atoms with Gasteiger partial charge in [0.15, 0.2) is 5.76 Å². The summed E-state index contributed by atoms with van der Waals surface area (Å²) in [6.45, 7) is 7.16. The highest BCUT2D eigenvalue weighted by Crippen LogP contribution is 2.24. The topological polar surface area (TPSA) is 46.9 Å². The Morgan fingerprint density at radius 3 is 2.76 bits per heavy atom. The van der Waals surface area contributed by atoms with Crippen LogP contribution >= 0.6 is 11.6 Å². The van der Waals surface area contributed by atoms with E-state index >= 15 is 0 Å². The SMILES string of the molecule is Cc1ccc(Cl)cc1N1CC[NH+](Cc2cc(-c3ccco3)on2)CC1. The lowest BCUT2D eigenvalue weighted by Crippen LogP contribution is -3.13. The van der Waals surface area contributed by atoms with Crippen LogP contribution in [0.25, 0.3) is 11.5 Å². The number of furan rings is 1. The van der Waals surface area contributed by atoms with Gasteiger partial charge in [-0.1, -0.05) is 22.8 Å². The van der Waals surface area contributed by atoms with Crippen molar-refractivity contribution in [3.05, 3.63) is 58.9 Å². The standard InChI is InChI=1S/C19H20ClN3O2/c1-14-4-5-15(20)11-17(14)23-8-6-22(7-9-23)13-16-12-19(25-21-16)18-3-2-10-24-18/h2-5,10-12H,6-9,13H2,1H3/p+1. The zero-order valence-electron chi connectivity index (χ0n) is 14.2. The summed E-state index contributed by atoms with van der Waals surface area (Å²) >= 11 is 6.16. The predicted molar refractivity (Wildman–Crippen MR) is 97.0 cm³/mol. The minimum absolute atomic E-state index is 0.688. The molecule has 5 nitrogen and oxygen atoms in total. The van der Waals surface area contributed by atoms with Crippen LogP contribution < -0.4 is 9.80 Å². The highest BCUT2D eigenvalue weighted by molar-refractivity contribution is 6.30. The van der Waals surface area contributed by atoms with Crippen LogP contribution in [0.3, 0.4) is 0 Å². The Morgan fingerprint density at radius 2 is 2.00 bits per heavy atom. The third-order valence-electron chi connectivity index (χ3n) is 4.74. The molecule has 6 heteroatoms. The van der Waals surface area contributed by atoms with Gasteiger partial charge in [-0.25, -0.2) is 0 Å². The predicted octanol–water partition coefficient (Wildman–Crippen LogP) is 2.80. The number of halogens is 1. The smallest absolute Gasteiger partial charge is 0.202 e. The molecule has 1 aliphatic rings. The minimum Gasteiger partial charge on any atom is -0.461 e. The van der Waals surface area contributed by atoms with Crippen molar-refractivity contribution < 1.29 is 13.8 Å². The van der Waals surface area contributed by atoms with Gasteiger partial charge in [0.25, 0.3) is 0 Å². The molecular formula is C19H21ClN3O2+. The number of aromatic nitrogens is 1. The largest absolute Gasteiger partial charge is 0.461 e. The van der Waals surface area contributed by atoms with E-state index in [0.717, 1.165) is 49.2 Å². The van der Waals surface area contributed by atoms with Crippen LogP contribution in [0.2, 0.25) is 5.02 Å². The van der Waals surface area contributed by atoms with Gasteiger partial charge in [0, 0.05) is 16.8 Å². The lowest BCUT2D eigenvalue weighted by atomic mass is 10.1.